The van der Waals surface area contributed by atoms with E-state index in [1.807, 2.05) is 36.2 Å². The van der Waals surface area contributed by atoms with E-state index in [4.69, 9.17) is 4.74 Å². The Morgan fingerprint density at radius 3 is 2.65 bits per heavy atom. The molecule has 0 saturated carbocycles. The summed E-state index contributed by atoms with van der Waals surface area (Å²) in [4.78, 5) is 14.4. The molecule has 0 bridgehead atoms. The number of halogens is 1. The number of fused-ring (bicyclic) bond motifs is 1. The monoisotopic (exact) mass is 296 g/mol. The van der Waals surface area contributed by atoms with E-state index in [0.29, 0.717) is 12.5 Å². The highest BCUT2D eigenvalue weighted by Crippen LogP contribution is 2.29. The first kappa shape index (κ1) is 15.1. The molecule has 3 rings (SSSR count). The van der Waals surface area contributed by atoms with Crippen LogP contribution in [0.5, 0.6) is 5.75 Å². The minimum absolute atomic E-state index is 0. The third-order valence-corrected chi connectivity index (χ3v) is 4.14. The Hall–Kier alpha value is -1.26. The van der Waals surface area contributed by atoms with Crippen molar-refractivity contribution < 1.29 is 9.53 Å². The summed E-state index contributed by atoms with van der Waals surface area (Å²) in [6.45, 7) is 1.67. The van der Waals surface area contributed by atoms with E-state index in [1.165, 1.54) is 0 Å². The third-order valence-electron chi connectivity index (χ3n) is 4.14. The van der Waals surface area contributed by atoms with E-state index in [0.717, 1.165) is 37.2 Å². The molecule has 0 aliphatic carbocycles. The standard InChI is InChI=1S/C15H20N2O2.ClH/c1-16-12-6-8-17(9-7-12)15(18)14-10-11-4-2-3-5-13(11)19-14;/h2-5,12,14,16H,6-10H2,1H3;1H. The van der Waals surface area contributed by atoms with E-state index >= 15 is 0 Å². The van der Waals surface area contributed by atoms with Crippen LogP contribution in [0.4, 0.5) is 0 Å². The Labute approximate surface area is 125 Å². The molecular formula is C15H21ClN2O2. The van der Waals surface area contributed by atoms with E-state index in [1.54, 1.807) is 0 Å². The van der Waals surface area contributed by atoms with E-state index in [9.17, 15) is 4.79 Å². The van der Waals surface area contributed by atoms with Crippen LogP contribution in [0.25, 0.3) is 0 Å². The molecule has 1 aromatic carbocycles. The molecule has 2 heterocycles. The van der Waals surface area contributed by atoms with Crippen molar-refractivity contribution in [2.24, 2.45) is 0 Å². The van der Waals surface area contributed by atoms with Crippen LogP contribution in [0.2, 0.25) is 0 Å². The second-order valence-corrected chi connectivity index (χ2v) is 5.31. The van der Waals surface area contributed by atoms with Gasteiger partial charge in [-0.25, -0.2) is 0 Å². The molecule has 1 amide bonds. The minimum Gasteiger partial charge on any atom is -0.480 e. The minimum atomic E-state index is -0.316. The van der Waals surface area contributed by atoms with Gasteiger partial charge in [0.1, 0.15) is 5.75 Å². The number of amides is 1. The summed E-state index contributed by atoms with van der Waals surface area (Å²) in [5, 5.41) is 3.28. The molecule has 0 aromatic heterocycles. The predicted octanol–water partition coefficient (Wildman–Crippen LogP) is 1.62. The number of ether oxygens (including phenoxy) is 1. The Bertz CT molecular complexity index is 448. The van der Waals surface area contributed by atoms with Crippen LogP contribution in [0.3, 0.4) is 0 Å². The zero-order valence-corrected chi connectivity index (χ0v) is 12.5. The molecule has 110 valence electrons. The Kier molecular flexibility index (Phi) is 4.89. The van der Waals surface area contributed by atoms with Gasteiger partial charge < -0.3 is 15.0 Å². The van der Waals surface area contributed by atoms with Crippen LogP contribution in [-0.4, -0.2) is 43.1 Å². The van der Waals surface area contributed by atoms with Crippen LogP contribution < -0.4 is 10.1 Å². The largest absolute Gasteiger partial charge is 0.480 e. The lowest BCUT2D eigenvalue weighted by molar-refractivity contribution is -0.139. The number of carbonyl (C=O) groups excluding carboxylic acids is 1. The SMILES string of the molecule is CNC1CCN(C(=O)C2Cc3ccccc3O2)CC1.Cl. The van der Waals surface area contributed by atoms with E-state index < -0.39 is 0 Å². The lowest BCUT2D eigenvalue weighted by Crippen LogP contribution is -2.48. The summed E-state index contributed by atoms with van der Waals surface area (Å²) in [5.41, 5.74) is 1.14. The van der Waals surface area contributed by atoms with Gasteiger partial charge in [0.05, 0.1) is 0 Å². The van der Waals surface area contributed by atoms with Crippen molar-refractivity contribution in [1.29, 1.82) is 0 Å². The molecule has 5 heteroatoms. The first-order valence-corrected chi connectivity index (χ1v) is 6.98. The molecule has 0 radical (unpaired) electrons. The number of benzene rings is 1. The van der Waals surface area contributed by atoms with Crippen LogP contribution >= 0.6 is 12.4 Å². The topological polar surface area (TPSA) is 41.6 Å². The predicted molar refractivity (Wildman–Crippen MR) is 80.5 cm³/mol. The molecule has 20 heavy (non-hydrogen) atoms. The summed E-state index contributed by atoms with van der Waals surface area (Å²) >= 11 is 0. The summed E-state index contributed by atoms with van der Waals surface area (Å²) < 4.78 is 5.77. The number of hydrogen-bond donors (Lipinski definition) is 1. The number of carbonyl (C=O) groups is 1. The van der Waals surface area contributed by atoms with Crippen molar-refractivity contribution in [1.82, 2.24) is 10.2 Å². The summed E-state index contributed by atoms with van der Waals surface area (Å²) in [6, 6.07) is 8.47. The van der Waals surface area contributed by atoms with Crippen LogP contribution in [0, 0.1) is 0 Å². The smallest absolute Gasteiger partial charge is 0.263 e. The van der Waals surface area contributed by atoms with Crippen molar-refractivity contribution in [3.05, 3.63) is 29.8 Å². The van der Waals surface area contributed by atoms with Crippen LogP contribution in [-0.2, 0) is 11.2 Å². The molecule has 1 unspecified atom stereocenters. The molecule has 1 fully saturated rings. The molecule has 1 N–H and O–H groups in total. The number of nitrogens with one attached hydrogen (secondary N) is 1. The van der Waals surface area contributed by atoms with Crippen molar-refractivity contribution in [2.75, 3.05) is 20.1 Å². The van der Waals surface area contributed by atoms with Gasteiger partial charge in [-0.3, -0.25) is 4.79 Å². The molecule has 4 nitrogen and oxygen atoms in total. The number of piperidine rings is 1. The number of likely N-dealkylation sites (tertiary alicyclic amines) is 1. The first-order chi connectivity index (χ1) is 9.28. The van der Waals surface area contributed by atoms with Crippen molar-refractivity contribution in [3.8, 4) is 5.75 Å². The zero-order valence-electron chi connectivity index (χ0n) is 11.7. The van der Waals surface area contributed by atoms with Gasteiger partial charge in [0, 0.05) is 25.6 Å². The van der Waals surface area contributed by atoms with Gasteiger partial charge in [0.15, 0.2) is 6.10 Å². The van der Waals surface area contributed by atoms with Gasteiger partial charge in [-0.1, -0.05) is 18.2 Å². The van der Waals surface area contributed by atoms with E-state index in [-0.39, 0.29) is 24.4 Å². The molecular weight excluding hydrogens is 276 g/mol. The third kappa shape index (κ3) is 2.91. The molecule has 1 atom stereocenters. The molecule has 2 aliphatic rings. The summed E-state index contributed by atoms with van der Waals surface area (Å²) in [5.74, 6) is 1.01. The maximum atomic E-state index is 12.4. The van der Waals surface area contributed by atoms with Crippen molar-refractivity contribution in [2.45, 2.75) is 31.4 Å². The highest BCUT2D eigenvalue weighted by atomic mass is 35.5. The zero-order chi connectivity index (χ0) is 13.2. The Balaban J connectivity index is 0.00000147. The van der Waals surface area contributed by atoms with Crippen molar-refractivity contribution >= 4 is 18.3 Å². The summed E-state index contributed by atoms with van der Waals surface area (Å²) in [6.07, 6.45) is 2.45. The number of rotatable bonds is 2. The van der Waals surface area contributed by atoms with Gasteiger partial charge in [-0.05, 0) is 31.5 Å². The lowest BCUT2D eigenvalue weighted by Gasteiger charge is -2.33. The fourth-order valence-corrected chi connectivity index (χ4v) is 2.91. The highest BCUT2D eigenvalue weighted by molar-refractivity contribution is 5.85. The average molecular weight is 297 g/mol. The maximum Gasteiger partial charge on any atom is 0.263 e. The average Bonchev–Trinajstić information content (AvgIpc) is 2.90. The Morgan fingerprint density at radius 1 is 1.30 bits per heavy atom. The molecule has 1 saturated heterocycles. The molecule has 0 spiro atoms. The fourth-order valence-electron chi connectivity index (χ4n) is 2.91. The highest BCUT2D eigenvalue weighted by Gasteiger charge is 2.33. The molecule has 2 aliphatic heterocycles. The summed E-state index contributed by atoms with van der Waals surface area (Å²) in [7, 11) is 1.98. The second-order valence-electron chi connectivity index (χ2n) is 5.31. The van der Waals surface area contributed by atoms with Crippen LogP contribution in [0.15, 0.2) is 24.3 Å². The Morgan fingerprint density at radius 2 is 2.00 bits per heavy atom. The van der Waals surface area contributed by atoms with Crippen molar-refractivity contribution in [3.63, 3.8) is 0 Å². The lowest BCUT2D eigenvalue weighted by atomic mass is 10.0. The number of nitrogens with zero attached hydrogens (tertiary/aromatic N) is 1. The van der Waals surface area contributed by atoms with Gasteiger partial charge in [-0.2, -0.15) is 0 Å². The quantitative estimate of drug-likeness (QED) is 0.902. The maximum absolute atomic E-state index is 12.4. The van der Waals surface area contributed by atoms with E-state index in [2.05, 4.69) is 5.32 Å². The number of hydrogen-bond acceptors (Lipinski definition) is 3. The normalized spacial score (nSPS) is 21.9. The van der Waals surface area contributed by atoms with Gasteiger partial charge in [0.25, 0.3) is 5.91 Å². The first-order valence-electron chi connectivity index (χ1n) is 6.98. The molecule has 1 aromatic rings. The van der Waals surface area contributed by atoms with Gasteiger partial charge in [0.2, 0.25) is 0 Å². The fraction of sp³-hybridized carbons (Fsp3) is 0.533. The number of para-hydroxylation sites is 1. The van der Waals surface area contributed by atoms with Gasteiger partial charge in [-0.15, -0.1) is 12.4 Å². The van der Waals surface area contributed by atoms with Crippen LogP contribution in [0.1, 0.15) is 18.4 Å². The van der Waals surface area contributed by atoms with Gasteiger partial charge >= 0.3 is 0 Å². The second kappa shape index (κ2) is 6.46.